The molecule has 0 fully saturated rings. The molecule has 0 aliphatic heterocycles. The van der Waals surface area contributed by atoms with Crippen molar-refractivity contribution in [3.63, 3.8) is 0 Å². The van der Waals surface area contributed by atoms with Gasteiger partial charge in [0.2, 0.25) is 0 Å². The third kappa shape index (κ3) is 6.74. The summed E-state index contributed by atoms with van der Waals surface area (Å²) in [6.45, 7) is 1.84. The van der Waals surface area contributed by atoms with Gasteiger partial charge in [-0.25, -0.2) is 0 Å². The molecule has 142 valence electrons. The number of hydrogen-bond acceptors (Lipinski definition) is 4. The van der Waals surface area contributed by atoms with E-state index in [0.717, 1.165) is 20.0 Å². The summed E-state index contributed by atoms with van der Waals surface area (Å²) in [6, 6.07) is 12.8. The third-order valence-corrected chi connectivity index (χ3v) is 5.19. The Morgan fingerprint density at radius 3 is 2.59 bits per heavy atom. The predicted molar refractivity (Wildman–Crippen MR) is 120 cm³/mol. The maximum absolute atomic E-state index is 12.1. The lowest BCUT2D eigenvalue weighted by Gasteiger charge is -2.12. The molecule has 0 aromatic heterocycles. The van der Waals surface area contributed by atoms with Crippen LogP contribution in [-0.4, -0.2) is 23.5 Å². The average molecular weight is 562 g/mol. The highest BCUT2D eigenvalue weighted by molar-refractivity contribution is 14.1. The zero-order valence-corrected chi connectivity index (χ0v) is 18.9. The fourth-order valence-electron chi connectivity index (χ4n) is 2.04. The Morgan fingerprint density at radius 2 is 1.93 bits per heavy atom. The minimum absolute atomic E-state index is 0.0247. The second-order valence-corrected chi connectivity index (χ2v) is 7.77. The van der Waals surface area contributed by atoms with Gasteiger partial charge >= 0.3 is 0 Å². The van der Waals surface area contributed by atoms with Crippen molar-refractivity contribution in [2.45, 2.75) is 13.3 Å². The number of carbonyl (C=O) groups excluding carboxylic acids is 2. The quantitative estimate of drug-likeness (QED) is 0.296. The van der Waals surface area contributed by atoms with Gasteiger partial charge in [-0.3, -0.25) is 25.8 Å². The molecule has 9 heteroatoms. The van der Waals surface area contributed by atoms with Gasteiger partial charge in [-0.05, 0) is 87.0 Å². The van der Waals surface area contributed by atoms with Crippen molar-refractivity contribution in [3.05, 3.63) is 61.6 Å². The van der Waals surface area contributed by atoms with Gasteiger partial charge in [-0.1, -0.05) is 25.1 Å². The molecule has 0 saturated carbocycles. The predicted octanol–water partition coefficient (Wildman–Crippen LogP) is 3.33. The first-order chi connectivity index (χ1) is 12.9. The molecule has 0 atom stereocenters. The van der Waals surface area contributed by atoms with Gasteiger partial charge in [-0.15, -0.1) is 0 Å². The summed E-state index contributed by atoms with van der Waals surface area (Å²) in [4.78, 5) is 24.0. The van der Waals surface area contributed by atoms with Crippen molar-refractivity contribution < 1.29 is 14.3 Å². The summed E-state index contributed by atoms with van der Waals surface area (Å²) >= 11 is 10.5. The number of hydrazine groups is 1. The minimum atomic E-state index is -0.442. The van der Waals surface area contributed by atoms with Crippen molar-refractivity contribution in [2.24, 2.45) is 0 Å². The average Bonchev–Trinajstić information content (AvgIpc) is 2.65. The fraction of sp³-hybridized carbons (Fsp3) is 0.167. The number of ether oxygens (including phenoxy) is 1. The number of carbonyl (C=O) groups is 2. The molecule has 2 aromatic carbocycles. The molecule has 2 amide bonds. The Kier molecular flexibility index (Phi) is 8.45. The largest absolute Gasteiger partial charge is 0.483 e. The van der Waals surface area contributed by atoms with Crippen LogP contribution in [0.1, 0.15) is 22.8 Å². The fourth-order valence-corrected chi connectivity index (χ4v) is 3.38. The van der Waals surface area contributed by atoms with Crippen LogP contribution in [-0.2, 0) is 11.2 Å². The number of rotatable bonds is 5. The van der Waals surface area contributed by atoms with Crippen molar-refractivity contribution in [1.82, 2.24) is 16.2 Å². The lowest BCUT2D eigenvalue weighted by atomic mass is 10.2. The number of amides is 2. The Bertz CT molecular complexity index is 863. The Hall–Kier alpha value is -1.72. The molecular formula is C18H17BrIN3O3S. The molecule has 0 aliphatic rings. The third-order valence-electron chi connectivity index (χ3n) is 3.42. The van der Waals surface area contributed by atoms with Crippen LogP contribution in [0.25, 0.3) is 0 Å². The lowest BCUT2D eigenvalue weighted by molar-refractivity contribution is -0.121. The molecule has 0 radical (unpaired) electrons. The van der Waals surface area contributed by atoms with Crippen molar-refractivity contribution in [1.29, 1.82) is 0 Å². The summed E-state index contributed by atoms with van der Waals surface area (Å²) in [5, 5.41) is 2.41. The summed E-state index contributed by atoms with van der Waals surface area (Å²) in [5.74, 6) is -0.233. The van der Waals surface area contributed by atoms with Gasteiger partial charge in [0.15, 0.2) is 11.7 Å². The van der Waals surface area contributed by atoms with Gasteiger partial charge in [0, 0.05) is 3.57 Å². The molecule has 27 heavy (non-hydrogen) atoms. The van der Waals surface area contributed by atoms with Crippen LogP contribution in [0.4, 0.5) is 0 Å². The molecular weight excluding hydrogens is 545 g/mol. The van der Waals surface area contributed by atoms with E-state index in [1.165, 1.54) is 0 Å². The Labute approximate surface area is 184 Å². The molecule has 0 bridgehead atoms. The maximum Gasteiger partial charge on any atom is 0.270 e. The second-order valence-electron chi connectivity index (χ2n) is 5.34. The highest BCUT2D eigenvalue weighted by atomic mass is 127. The summed E-state index contributed by atoms with van der Waals surface area (Å²) in [7, 11) is 0. The molecule has 3 N–H and O–H groups in total. The lowest BCUT2D eigenvalue weighted by Crippen LogP contribution is -2.49. The van der Waals surface area contributed by atoms with E-state index in [0.29, 0.717) is 11.3 Å². The van der Waals surface area contributed by atoms with E-state index in [1.807, 2.05) is 24.3 Å². The zero-order chi connectivity index (χ0) is 19.8. The van der Waals surface area contributed by atoms with E-state index in [4.69, 9.17) is 17.0 Å². The maximum atomic E-state index is 12.1. The van der Waals surface area contributed by atoms with Crippen LogP contribution in [0.2, 0.25) is 0 Å². The molecule has 0 spiro atoms. The van der Waals surface area contributed by atoms with Crippen LogP contribution in [0.3, 0.4) is 0 Å². The van der Waals surface area contributed by atoms with Gasteiger partial charge in [0.1, 0.15) is 5.75 Å². The normalized spacial score (nSPS) is 10.0. The van der Waals surface area contributed by atoms with Crippen molar-refractivity contribution >= 4 is 67.7 Å². The minimum Gasteiger partial charge on any atom is -0.483 e. The first-order valence-electron chi connectivity index (χ1n) is 7.96. The van der Waals surface area contributed by atoms with E-state index in [2.05, 4.69) is 61.6 Å². The van der Waals surface area contributed by atoms with Crippen molar-refractivity contribution in [2.75, 3.05) is 6.61 Å². The van der Waals surface area contributed by atoms with Gasteiger partial charge in [0.25, 0.3) is 11.8 Å². The smallest absolute Gasteiger partial charge is 0.270 e. The van der Waals surface area contributed by atoms with E-state index in [9.17, 15) is 9.59 Å². The number of benzene rings is 2. The van der Waals surface area contributed by atoms with Crippen molar-refractivity contribution in [3.8, 4) is 5.75 Å². The Balaban J connectivity index is 1.78. The zero-order valence-electron chi connectivity index (χ0n) is 14.3. The van der Waals surface area contributed by atoms with Crippen LogP contribution in [0, 0.1) is 3.57 Å². The van der Waals surface area contributed by atoms with E-state index >= 15 is 0 Å². The van der Waals surface area contributed by atoms with Crippen LogP contribution < -0.4 is 20.9 Å². The highest BCUT2D eigenvalue weighted by Crippen LogP contribution is 2.26. The highest BCUT2D eigenvalue weighted by Gasteiger charge is 2.11. The number of thiocarbonyl (C=S) groups is 1. The first-order valence-corrected chi connectivity index (χ1v) is 10.2. The molecule has 0 heterocycles. The molecule has 2 aromatic rings. The summed E-state index contributed by atoms with van der Waals surface area (Å²) < 4.78 is 7.06. The van der Waals surface area contributed by atoms with Crippen LogP contribution >= 0.6 is 50.7 Å². The number of nitrogens with one attached hydrogen (secondary N) is 3. The topological polar surface area (TPSA) is 79.5 Å². The van der Waals surface area contributed by atoms with Crippen LogP contribution in [0.15, 0.2) is 46.9 Å². The number of aryl methyl sites for hydroxylation is 1. The van der Waals surface area contributed by atoms with Gasteiger partial charge in [0.05, 0.1) is 10.0 Å². The Morgan fingerprint density at radius 1 is 1.19 bits per heavy atom. The second kappa shape index (κ2) is 10.6. The van der Waals surface area contributed by atoms with E-state index < -0.39 is 5.91 Å². The molecule has 0 saturated heterocycles. The molecule has 0 aliphatic carbocycles. The molecule has 2 rings (SSSR count). The van der Waals surface area contributed by atoms with Gasteiger partial charge in [-0.2, -0.15) is 0 Å². The molecule has 6 nitrogen and oxygen atoms in total. The van der Waals surface area contributed by atoms with Gasteiger partial charge < -0.3 is 4.74 Å². The summed E-state index contributed by atoms with van der Waals surface area (Å²) in [6.07, 6.45) is 0.910. The standard InChI is InChI=1S/C18H17BrIN3O3S/c1-2-11-7-8-15(13(19)9-11)26-10-16(24)21-18(27)23-22-17(25)12-5-3-4-6-14(12)20/h3-9H,2,10H2,1H3,(H,22,25)(H2,21,23,24,27). The van der Waals surface area contributed by atoms with E-state index in [-0.39, 0.29) is 17.6 Å². The molecule has 0 unspecified atom stereocenters. The summed E-state index contributed by atoms with van der Waals surface area (Å²) in [5.41, 5.74) is 6.60. The number of hydrogen-bond donors (Lipinski definition) is 3. The number of halogens is 2. The SMILES string of the molecule is CCc1ccc(OCC(=O)NC(=S)NNC(=O)c2ccccc2I)c(Br)c1. The monoisotopic (exact) mass is 561 g/mol. The van der Waals surface area contributed by atoms with E-state index in [1.54, 1.807) is 18.2 Å². The first kappa shape index (κ1) is 21.6. The van der Waals surface area contributed by atoms with Crippen LogP contribution in [0.5, 0.6) is 5.75 Å².